The topological polar surface area (TPSA) is 138 Å². The fraction of sp³-hybridized carbons (Fsp3) is 0.655. The molecule has 3 rings (SSSR count). The number of rotatable bonds is 14. The average molecular weight is 675 g/mol. The second-order valence-corrected chi connectivity index (χ2v) is 11.7. The number of carbonyl (C=O) groups excluding carboxylic acids is 2. The molecule has 0 heterocycles. The van der Waals surface area contributed by atoms with E-state index in [4.69, 9.17) is 14.2 Å². The summed E-state index contributed by atoms with van der Waals surface area (Å²) in [7, 11) is 1.49. The van der Waals surface area contributed by atoms with Gasteiger partial charge in [-0.05, 0) is 79.5 Å². The Balaban J connectivity index is 1.96. The molecule has 2 aliphatic rings. The van der Waals surface area contributed by atoms with E-state index in [1.54, 1.807) is 23.1 Å². The van der Waals surface area contributed by atoms with Crippen LogP contribution in [0.5, 0.6) is 11.5 Å². The predicted octanol–water partition coefficient (Wildman–Crippen LogP) is 2.54. The van der Waals surface area contributed by atoms with Gasteiger partial charge in [-0.25, -0.2) is 0 Å². The lowest BCUT2D eigenvalue weighted by atomic mass is 9.87. The Labute approximate surface area is 250 Å². The minimum Gasteiger partial charge on any atom is -0.493 e. The van der Waals surface area contributed by atoms with Gasteiger partial charge in [0.1, 0.15) is 12.2 Å². The molecular formula is C29H43IN2O8. The van der Waals surface area contributed by atoms with Crippen LogP contribution in [-0.2, 0) is 20.9 Å². The number of aliphatic hydroxyl groups excluding tert-OH is 3. The molecule has 1 fully saturated rings. The fourth-order valence-electron chi connectivity index (χ4n) is 5.30. The lowest BCUT2D eigenvalue weighted by molar-refractivity contribution is -0.143. The van der Waals surface area contributed by atoms with Gasteiger partial charge >= 0.3 is 0 Å². The van der Waals surface area contributed by atoms with Crippen molar-refractivity contribution < 1.29 is 39.1 Å². The Morgan fingerprint density at radius 3 is 2.55 bits per heavy atom. The smallest absolute Gasteiger partial charge is 0.247 e. The standard InChI is InChI=1S/C29H43IN2O8/c1-18(2)39-12-6-10-32(29(37)20-7-4-5-8-20)23-15-21(28(36)31-9-11-33)16-24(26(23)35)40-27-22(30)13-19(17-34)14-25(27)38-3/h13-14,16,18,20,23-24,26,33-35H,4-12,15,17H2,1-3H3,(H,31,36). The van der Waals surface area contributed by atoms with Crippen LogP contribution in [0.2, 0.25) is 0 Å². The van der Waals surface area contributed by atoms with Gasteiger partial charge in [0.05, 0.1) is 36.0 Å². The zero-order valence-electron chi connectivity index (χ0n) is 23.6. The number of hydrogen-bond donors (Lipinski definition) is 4. The monoisotopic (exact) mass is 674 g/mol. The van der Waals surface area contributed by atoms with Crippen LogP contribution in [0.15, 0.2) is 23.8 Å². The third-order valence-corrected chi connectivity index (χ3v) is 8.12. The molecule has 3 atom stereocenters. The first-order valence-electron chi connectivity index (χ1n) is 14.0. The largest absolute Gasteiger partial charge is 0.493 e. The van der Waals surface area contributed by atoms with E-state index in [1.807, 2.05) is 13.8 Å². The van der Waals surface area contributed by atoms with Crippen LogP contribution in [0.25, 0.3) is 0 Å². The molecule has 1 saturated carbocycles. The summed E-state index contributed by atoms with van der Waals surface area (Å²) in [4.78, 5) is 28.6. The van der Waals surface area contributed by atoms with Gasteiger partial charge < -0.3 is 39.7 Å². The highest BCUT2D eigenvalue weighted by Gasteiger charge is 2.42. The summed E-state index contributed by atoms with van der Waals surface area (Å²) in [6.45, 7) is 4.47. The summed E-state index contributed by atoms with van der Waals surface area (Å²) >= 11 is 2.08. The Hall–Kier alpha value is -1.93. The number of hydrogen-bond acceptors (Lipinski definition) is 8. The summed E-state index contributed by atoms with van der Waals surface area (Å²) in [6.07, 6.45) is 3.94. The fourth-order valence-corrected chi connectivity index (χ4v) is 6.09. The first-order valence-corrected chi connectivity index (χ1v) is 15.1. The Kier molecular flexibility index (Phi) is 13.0. The number of nitrogens with zero attached hydrogens (tertiary/aromatic N) is 1. The van der Waals surface area contributed by atoms with Crippen molar-refractivity contribution in [2.24, 2.45) is 5.92 Å². The maximum Gasteiger partial charge on any atom is 0.247 e. The summed E-state index contributed by atoms with van der Waals surface area (Å²) < 4.78 is 18.2. The molecule has 10 nitrogen and oxygen atoms in total. The molecule has 0 bridgehead atoms. The van der Waals surface area contributed by atoms with Crippen molar-refractivity contribution in [1.82, 2.24) is 10.2 Å². The van der Waals surface area contributed by atoms with Gasteiger partial charge in [0, 0.05) is 37.6 Å². The zero-order chi connectivity index (χ0) is 29.2. The molecule has 40 heavy (non-hydrogen) atoms. The first-order chi connectivity index (χ1) is 19.2. The second-order valence-electron chi connectivity index (χ2n) is 10.6. The predicted molar refractivity (Wildman–Crippen MR) is 158 cm³/mol. The van der Waals surface area contributed by atoms with Crippen molar-refractivity contribution in [3.8, 4) is 11.5 Å². The summed E-state index contributed by atoms with van der Waals surface area (Å²) in [5.41, 5.74) is 1.02. The molecule has 2 aliphatic carbocycles. The highest BCUT2D eigenvalue weighted by molar-refractivity contribution is 14.1. The third kappa shape index (κ3) is 8.54. The number of aliphatic hydroxyl groups is 3. The van der Waals surface area contributed by atoms with Crippen LogP contribution in [0.1, 0.15) is 57.9 Å². The van der Waals surface area contributed by atoms with Gasteiger partial charge in [-0.1, -0.05) is 12.8 Å². The first kappa shape index (κ1) is 32.6. The van der Waals surface area contributed by atoms with Crippen LogP contribution in [-0.4, -0.2) is 89.8 Å². The third-order valence-electron chi connectivity index (χ3n) is 7.32. The van der Waals surface area contributed by atoms with Crippen molar-refractivity contribution in [2.45, 2.75) is 83.3 Å². The highest BCUT2D eigenvalue weighted by atomic mass is 127. The van der Waals surface area contributed by atoms with E-state index in [9.17, 15) is 24.9 Å². The quantitative estimate of drug-likeness (QED) is 0.175. The van der Waals surface area contributed by atoms with Gasteiger partial charge in [0.25, 0.3) is 0 Å². The van der Waals surface area contributed by atoms with E-state index in [2.05, 4.69) is 27.9 Å². The summed E-state index contributed by atoms with van der Waals surface area (Å²) in [5.74, 6) is 0.252. The molecule has 0 radical (unpaired) electrons. The minimum atomic E-state index is -1.12. The molecule has 0 spiro atoms. The number of amides is 2. The number of ether oxygens (including phenoxy) is 3. The SMILES string of the molecule is COc1cc(CO)cc(I)c1OC1C=C(C(=O)NCCO)CC(N(CCCOC(C)C)C(=O)C2CCCC2)C1O. The maximum atomic E-state index is 13.8. The van der Waals surface area contributed by atoms with E-state index in [-0.39, 0.29) is 50.0 Å². The molecule has 1 aromatic rings. The number of nitrogens with one attached hydrogen (secondary N) is 1. The van der Waals surface area contributed by atoms with E-state index >= 15 is 0 Å². The molecule has 4 N–H and O–H groups in total. The molecule has 3 unspecified atom stereocenters. The van der Waals surface area contributed by atoms with E-state index in [1.165, 1.54) is 7.11 Å². The van der Waals surface area contributed by atoms with Crippen LogP contribution < -0.4 is 14.8 Å². The molecule has 11 heteroatoms. The summed E-state index contributed by atoms with van der Waals surface area (Å²) in [5, 5.41) is 33.2. The number of carbonyl (C=O) groups is 2. The van der Waals surface area contributed by atoms with Gasteiger partial charge in [-0.15, -0.1) is 0 Å². The molecule has 0 aromatic heterocycles. The van der Waals surface area contributed by atoms with Crippen molar-refractivity contribution >= 4 is 34.4 Å². The van der Waals surface area contributed by atoms with Crippen molar-refractivity contribution in [2.75, 3.05) is 33.4 Å². The normalized spacial score (nSPS) is 21.3. The Bertz CT molecular complexity index is 1030. The molecule has 0 saturated heterocycles. The van der Waals surface area contributed by atoms with Crippen LogP contribution >= 0.6 is 22.6 Å². The lowest BCUT2D eigenvalue weighted by Gasteiger charge is -2.41. The molecular weight excluding hydrogens is 631 g/mol. The highest BCUT2D eigenvalue weighted by Crippen LogP contribution is 2.38. The van der Waals surface area contributed by atoms with Gasteiger partial charge in [0.15, 0.2) is 11.5 Å². The van der Waals surface area contributed by atoms with Gasteiger partial charge in [0.2, 0.25) is 11.8 Å². The van der Waals surface area contributed by atoms with Crippen molar-refractivity contribution in [3.05, 3.63) is 32.9 Å². The molecule has 224 valence electrons. The average Bonchev–Trinajstić information content (AvgIpc) is 3.48. The van der Waals surface area contributed by atoms with Crippen molar-refractivity contribution in [3.63, 3.8) is 0 Å². The molecule has 2 amide bonds. The maximum absolute atomic E-state index is 13.8. The minimum absolute atomic E-state index is 0.0127. The van der Waals surface area contributed by atoms with Crippen molar-refractivity contribution in [1.29, 1.82) is 0 Å². The van der Waals surface area contributed by atoms with Crippen LogP contribution in [0.4, 0.5) is 0 Å². The number of benzene rings is 1. The Morgan fingerprint density at radius 2 is 1.93 bits per heavy atom. The van der Waals surface area contributed by atoms with Crippen LogP contribution in [0, 0.1) is 9.49 Å². The lowest BCUT2D eigenvalue weighted by Crippen LogP contribution is -2.56. The molecule has 1 aromatic carbocycles. The zero-order valence-corrected chi connectivity index (χ0v) is 25.8. The molecule has 0 aliphatic heterocycles. The van der Waals surface area contributed by atoms with E-state index in [0.29, 0.717) is 45.8 Å². The van der Waals surface area contributed by atoms with Gasteiger partial charge in [-0.3, -0.25) is 9.59 Å². The van der Waals surface area contributed by atoms with Gasteiger partial charge in [-0.2, -0.15) is 0 Å². The Morgan fingerprint density at radius 1 is 1.20 bits per heavy atom. The summed E-state index contributed by atoms with van der Waals surface area (Å²) in [6, 6.07) is 2.72. The number of methoxy groups -OCH3 is 1. The van der Waals surface area contributed by atoms with Crippen LogP contribution in [0.3, 0.4) is 0 Å². The second kappa shape index (κ2) is 15.9. The number of halogens is 1. The van der Waals surface area contributed by atoms with E-state index in [0.717, 1.165) is 25.7 Å². The van der Waals surface area contributed by atoms with E-state index < -0.39 is 18.2 Å².